The second-order valence-corrected chi connectivity index (χ2v) is 4.89. The van der Waals surface area contributed by atoms with Crippen molar-refractivity contribution in [1.82, 2.24) is 0 Å². The number of aromatic carboxylic acids is 1. The first-order valence-corrected chi connectivity index (χ1v) is 5.56. The van der Waals surface area contributed by atoms with Gasteiger partial charge in [0.25, 0.3) is 0 Å². The van der Waals surface area contributed by atoms with E-state index in [1.54, 1.807) is 13.0 Å². The topological polar surface area (TPSA) is 57.5 Å². The summed E-state index contributed by atoms with van der Waals surface area (Å²) < 4.78 is 0. The Bertz CT molecular complexity index is 436. The molecule has 1 aliphatic rings. The number of carbonyl (C=O) groups is 1. The second-order valence-electron chi connectivity index (χ2n) is 4.46. The fourth-order valence-electron chi connectivity index (χ4n) is 1.89. The van der Waals surface area contributed by atoms with Crippen LogP contribution in [0.5, 0.6) is 0 Å². The molecule has 0 aliphatic heterocycles. The lowest BCUT2D eigenvalue weighted by atomic mass is 9.90. The van der Waals surface area contributed by atoms with Crippen LogP contribution in [-0.4, -0.2) is 16.2 Å². The summed E-state index contributed by atoms with van der Waals surface area (Å²) in [6.07, 6.45) is 1.95. The van der Waals surface area contributed by atoms with Gasteiger partial charge >= 0.3 is 5.97 Å². The molecule has 1 unspecified atom stereocenters. The lowest BCUT2D eigenvalue weighted by Gasteiger charge is -2.24. The summed E-state index contributed by atoms with van der Waals surface area (Å²) in [7, 11) is 0. The lowest BCUT2D eigenvalue weighted by molar-refractivity contribution is 0.0330. The van der Waals surface area contributed by atoms with Gasteiger partial charge in [-0.25, -0.2) is 4.79 Å². The normalized spacial score (nSPS) is 19.2. The highest BCUT2D eigenvalue weighted by Crippen LogP contribution is 2.45. The summed E-state index contributed by atoms with van der Waals surface area (Å²) in [6, 6.07) is 4.51. The molecular formula is C12H13ClO3. The molecule has 4 heteroatoms. The van der Waals surface area contributed by atoms with Crippen LogP contribution >= 0.6 is 11.6 Å². The molecule has 0 spiro atoms. The SMILES string of the molecule is CC(O)(c1cc(Cl)cc(C(=O)O)c1)C1CC1. The average Bonchev–Trinajstić information content (AvgIpc) is 2.99. The third-order valence-electron chi connectivity index (χ3n) is 3.10. The first-order valence-electron chi connectivity index (χ1n) is 5.18. The number of carboxylic acids is 1. The van der Waals surface area contributed by atoms with E-state index in [2.05, 4.69) is 0 Å². The van der Waals surface area contributed by atoms with Crippen molar-refractivity contribution in [2.75, 3.05) is 0 Å². The molecule has 0 heterocycles. The van der Waals surface area contributed by atoms with E-state index in [-0.39, 0.29) is 11.5 Å². The Hall–Kier alpha value is -1.06. The molecule has 2 rings (SSSR count). The van der Waals surface area contributed by atoms with E-state index in [1.807, 2.05) is 0 Å². The quantitative estimate of drug-likeness (QED) is 0.854. The van der Waals surface area contributed by atoms with Gasteiger partial charge in [-0.1, -0.05) is 11.6 Å². The third kappa shape index (κ3) is 2.06. The number of carboxylic acid groups (broad SMARTS) is 1. The number of hydrogen-bond acceptors (Lipinski definition) is 2. The van der Waals surface area contributed by atoms with Crippen LogP contribution in [0.1, 0.15) is 35.7 Å². The highest BCUT2D eigenvalue weighted by molar-refractivity contribution is 6.31. The van der Waals surface area contributed by atoms with Gasteiger partial charge in [0.15, 0.2) is 0 Å². The Morgan fingerprint density at radius 2 is 2.06 bits per heavy atom. The molecule has 0 aromatic heterocycles. The van der Waals surface area contributed by atoms with Gasteiger partial charge < -0.3 is 10.2 Å². The van der Waals surface area contributed by atoms with Gasteiger partial charge in [0.05, 0.1) is 11.2 Å². The first kappa shape index (κ1) is 11.4. The molecule has 0 amide bonds. The average molecular weight is 241 g/mol. The van der Waals surface area contributed by atoms with Gasteiger partial charge in [0, 0.05) is 5.02 Å². The van der Waals surface area contributed by atoms with Gasteiger partial charge in [0.1, 0.15) is 0 Å². The van der Waals surface area contributed by atoms with E-state index < -0.39 is 11.6 Å². The van der Waals surface area contributed by atoms with Crippen LogP contribution in [0, 0.1) is 5.92 Å². The maximum Gasteiger partial charge on any atom is 0.335 e. The maximum absolute atomic E-state index is 10.9. The number of hydrogen-bond donors (Lipinski definition) is 2. The molecular weight excluding hydrogens is 228 g/mol. The standard InChI is InChI=1S/C12H13ClO3/c1-12(16,8-2-3-8)9-4-7(11(14)15)5-10(13)6-9/h4-6,8,16H,2-3H2,1H3,(H,14,15). The van der Waals surface area contributed by atoms with Crippen LogP contribution in [0.4, 0.5) is 0 Å². The van der Waals surface area contributed by atoms with Crippen LogP contribution in [0.2, 0.25) is 5.02 Å². The molecule has 1 saturated carbocycles. The predicted molar refractivity (Wildman–Crippen MR) is 60.7 cm³/mol. The van der Waals surface area contributed by atoms with Gasteiger partial charge in [-0.2, -0.15) is 0 Å². The number of aliphatic hydroxyl groups is 1. The Morgan fingerprint density at radius 1 is 1.44 bits per heavy atom. The van der Waals surface area contributed by atoms with E-state index in [9.17, 15) is 9.90 Å². The smallest absolute Gasteiger partial charge is 0.335 e. The summed E-state index contributed by atoms with van der Waals surface area (Å²) in [5.74, 6) is -0.817. The second kappa shape index (κ2) is 3.75. The van der Waals surface area contributed by atoms with E-state index in [0.717, 1.165) is 12.8 Å². The van der Waals surface area contributed by atoms with Crippen molar-refractivity contribution < 1.29 is 15.0 Å². The molecule has 1 aliphatic carbocycles. The van der Waals surface area contributed by atoms with Crippen molar-refractivity contribution in [1.29, 1.82) is 0 Å². The number of benzene rings is 1. The van der Waals surface area contributed by atoms with Crippen LogP contribution in [0.3, 0.4) is 0 Å². The fourth-order valence-corrected chi connectivity index (χ4v) is 2.12. The van der Waals surface area contributed by atoms with Crippen LogP contribution in [-0.2, 0) is 5.60 Å². The van der Waals surface area contributed by atoms with Crippen molar-refractivity contribution >= 4 is 17.6 Å². The Morgan fingerprint density at radius 3 is 2.56 bits per heavy atom. The Balaban J connectivity index is 2.44. The van der Waals surface area contributed by atoms with Crippen LogP contribution in [0.15, 0.2) is 18.2 Å². The largest absolute Gasteiger partial charge is 0.478 e. The lowest BCUT2D eigenvalue weighted by Crippen LogP contribution is -2.24. The molecule has 1 aromatic rings. The Kier molecular flexibility index (Phi) is 2.68. The predicted octanol–water partition coefficient (Wildman–Crippen LogP) is 2.66. The van der Waals surface area contributed by atoms with E-state index in [4.69, 9.17) is 16.7 Å². The minimum Gasteiger partial charge on any atom is -0.478 e. The van der Waals surface area contributed by atoms with Crippen molar-refractivity contribution in [3.63, 3.8) is 0 Å². The van der Waals surface area contributed by atoms with Crippen molar-refractivity contribution in [2.45, 2.75) is 25.4 Å². The third-order valence-corrected chi connectivity index (χ3v) is 3.32. The monoisotopic (exact) mass is 240 g/mol. The zero-order valence-electron chi connectivity index (χ0n) is 8.90. The molecule has 3 nitrogen and oxygen atoms in total. The van der Waals surface area contributed by atoms with Crippen LogP contribution < -0.4 is 0 Å². The Labute approximate surface area is 98.7 Å². The zero-order valence-corrected chi connectivity index (χ0v) is 9.66. The molecule has 0 bridgehead atoms. The van der Waals surface area contributed by atoms with E-state index in [1.165, 1.54) is 12.1 Å². The molecule has 1 aromatic carbocycles. The summed E-state index contributed by atoms with van der Waals surface area (Å²) in [5, 5.41) is 19.6. The van der Waals surface area contributed by atoms with Gasteiger partial charge in [0.2, 0.25) is 0 Å². The zero-order chi connectivity index (χ0) is 11.9. The van der Waals surface area contributed by atoms with Gasteiger partial charge in [-0.15, -0.1) is 0 Å². The molecule has 1 atom stereocenters. The fraction of sp³-hybridized carbons (Fsp3) is 0.417. The number of halogens is 1. The van der Waals surface area contributed by atoms with E-state index in [0.29, 0.717) is 10.6 Å². The number of rotatable bonds is 3. The summed E-state index contributed by atoms with van der Waals surface area (Å²) in [4.78, 5) is 10.9. The molecule has 1 fully saturated rings. The highest BCUT2D eigenvalue weighted by atomic mass is 35.5. The van der Waals surface area contributed by atoms with Gasteiger partial charge in [-0.3, -0.25) is 0 Å². The minimum atomic E-state index is -1.03. The summed E-state index contributed by atoms with van der Waals surface area (Å²) in [6.45, 7) is 1.71. The van der Waals surface area contributed by atoms with Crippen molar-refractivity contribution in [2.24, 2.45) is 5.92 Å². The van der Waals surface area contributed by atoms with Crippen LogP contribution in [0.25, 0.3) is 0 Å². The minimum absolute atomic E-state index is 0.114. The first-order chi connectivity index (χ1) is 7.41. The summed E-state index contributed by atoms with van der Waals surface area (Å²) >= 11 is 5.85. The van der Waals surface area contributed by atoms with Gasteiger partial charge in [-0.05, 0) is 49.4 Å². The van der Waals surface area contributed by atoms with Crippen molar-refractivity contribution in [3.05, 3.63) is 34.3 Å². The maximum atomic E-state index is 10.9. The molecule has 0 radical (unpaired) electrons. The summed E-state index contributed by atoms with van der Waals surface area (Å²) in [5.41, 5.74) is -0.280. The molecule has 16 heavy (non-hydrogen) atoms. The molecule has 0 saturated heterocycles. The van der Waals surface area contributed by atoms with E-state index >= 15 is 0 Å². The molecule has 2 N–H and O–H groups in total. The van der Waals surface area contributed by atoms with Crippen molar-refractivity contribution in [3.8, 4) is 0 Å². The highest BCUT2D eigenvalue weighted by Gasteiger charge is 2.41. The molecule has 86 valence electrons.